The van der Waals surface area contributed by atoms with Crippen LogP contribution in [-0.4, -0.2) is 53.5 Å². The third-order valence-corrected chi connectivity index (χ3v) is 5.78. The number of carbonyl (C=O) groups excluding carboxylic acids is 1. The second kappa shape index (κ2) is 8.49. The Kier molecular flexibility index (Phi) is 5.78. The van der Waals surface area contributed by atoms with Gasteiger partial charge in [0.25, 0.3) is 5.91 Å². The minimum Gasteiger partial charge on any atom is -0.504 e. The molecule has 1 amide bonds. The summed E-state index contributed by atoms with van der Waals surface area (Å²) in [5.41, 5.74) is 3.80. The first kappa shape index (κ1) is 20.4. The van der Waals surface area contributed by atoms with Crippen molar-refractivity contribution in [3.8, 4) is 22.8 Å². The maximum absolute atomic E-state index is 13.2. The highest BCUT2D eigenvalue weighted by Crippen LogP contribution is 2.44. The van der Waals surface area contributed by atoms with Gasteiger partial charge in [-0.25, -0.2) is 0 Å². The second-order valence-corrected chi connectivity index (χ2v) is 7.96. The Balaban J connectivity index is 1.83. The van der Waals surface area contributed by atoms with Crippen molar-refractivity contribution in [1.82, 2.24) is 15.1 Å². The van der Waals surface area contributed by atoms with Crippen LogP contribution in [0.4, 0.5) is 0 Å². The smallest absolute Gasteiger partial charge is 0.273 e. The average Bonchev–Trinajstić information content (AvgIpc) is 3.29. The number of amides is 1. The van der Waals surface area contributed by atoms with Crippen molar-refractivity contribution >= 4 is 21.8 Å². The Morgan fingerprint density at radius 1 is 1.20 bits per heavy atom. The van der Waals surface area contributed by atoms with Crippen molar-refractivity contribution < 1.29 is 19.4 Å². The number of hydrogen-bond donors (Lipinski definition) is 2. The molecule has 0 aliphatic carbocycles. The summed E-state index contributed by atoms with van der Waals surface area (Å²) in [5, 5.41) is 17.4. The molecule has 4 rings (SSSR count). The largest absolute Gasteiger partial charge is 0.504 e. The van der Waals surface area contributed by atoms with Crippen molar-refractivity contribution in [2.24, 2.45) is 0 Å². The maximum atomic E-state index is 13.2. The zero-order valence-corrected chi connectivity index (χ0v) is 18.3. The molecule has 1 aromatic heterocycles. The van der Waals surface area contributed by atoms with Crippen molar-refractivity contribution in [2.45, 2.75) is 12.5 Å². The number of nitrogens with zero attached hydrogens (tertiary/aromatic N) is 2. The van der Waals surface area contributed by atoms with Crippen LogP contribution in [0.2, 0.25) is 0 Å². The summed E-state index contributed by atoms with van der Waals surface area (Å²) in [4.78, 5) is 15.0. The number of ether oxygens (including phenoxy) is 2. The molecule has 3 aromatic rings. The van der Waals surface area contributed by atoms with Crippen LogP contribution in [0.1, 0.15) is 34.1 Å². The van der Waals surface area contributed by atoms with Gasteiger partial charge in [-0.1, -0.05) is 34.1 Å². The van der Waals surface area contributed by atoms with Gasteiger partial charge in [0.1, 0.15) is 5.69 Å². The number of aromatic nitrogens is 2. The van der Waals surface area contributed by atoms with E-state index in [0.717, 1.165) is 26.9 Å². The minimum atomic E-state index is -0.351. The summed E-state index contributed by atoms with van der Waals surface area (Å²) >= 11 is 3.46. The number of halogens is 1. The average molecular weight is 472 g/mol. The molecular formula is C22H22BrN3O4. The first-order valence-electron chi connectivity index (χ1n) is 9.56. The molecule has 156 valence electrons. The van der Waals surface area contributed by atoms with Crippen LogP contribution in [0.3, 0.4) is 0 Å². The number of aromatic amines is 1. The van der Waals surface area contributed by atoms with E-state index in [9.17, 15) is 9.90 Å². The van der Waals surface area contributed by atoms with Crippen LogP contribution in [0.5, 0.6) is 11.5 Å². The molecule has 7 nitrogen and oxygen atoms in total. The van der Waals surface area contributed by atoms with Gasteiger partial charge in [-0.05, 0) is 36.2 Å². The van der Waals surface area contributed by atoms with E-state index in [4.69, 9.17) is 9.47 Å². The van der Waals surface area contributed by atoms with Gasteiger partial charge in [-0.15, -0.1) is 0 Å². The third kappa shape index (κ3) is 3.57. The molecule has 0 unspecified atom stereocenters. The lowest BCUT2D eigenvalue weighted by Crippen LogP contribution is -2.31. The number of phenols is 1. The molecule has 2 aromatic carbocycles. The molecule has 1 atom stereocenters. The number of phenolic OH excluding ortho intramolecular Hbond substituents is 1. The number of H-pyrrole nitrogens is 1. The predicted octanol–water partition coefficient (Wildman–Crippen LogP) is 4.14. The van der Waals surface area contributed by atoms with E-state index >= 15 is 0 Å². The molecule has 30 heavy (non-hydrogen) atoms. The van der Waals surface area contributed by atoms with Crippen molar-refractivity contribution in [1.29, 1.82) is 0 Å². The molecule has 1 aliphatic heterocycles. The minimum absolute atomic E-state index is 0.0528. The summed E-state index contributed by atoms with van der Waals surface area (Å²) in [5.74, 6) is 0.310. The van der Waals surface area contributed by atoms with Crippen LogP contribution < -0.4 is 4.74 Å². The van der Waals surface area contributed by atoms with Crippen LogP contribution in [0.25, 0.3) is 11.3 Å². The fourth-order valence-electron chi connectivity index (χ4n) is 3.85. The Labute approximate surface area is 182 Å². The van der Waals surface area contributed by atoms with Gasteiger partial charge in [-0.3, -0.25) is 9.89 Å². The van der Waals surface area contributed by atoms with Gasteiger partial charge in [0.15, 0.2) is 11.5 Å². The summed E-state index contributed by atoms with van der Waals surface area (Å²) in [7, 11) is 3.15. The van der Waals surface area contributed by atoms with Gasteiger partial charge < -0.3 is 19.5 Å². The monoisotopic (exact) mass is 471 g/mol. The number of fused-ring (bicyclic) bond motifs is 1. The Bertz CT molecular complexity index is 1060. The number of benzene rings is 2. The molecule has 0 fully saturated rings. The van der Waals surface area contributed by atoms with E-state index in [1.54, 1.807) is 19.2 Å². The van der Waals surface area contributed by atoms with Gasteiger partial charge in [-0.2, -0.15) is 5.10 Å². The van der Waals surface area contributed by atoms with E-state index in [1.807, 2.05) is 35.2 Å². The molecular weight excluding hydrogens is 450 g/mol. The van der Waals surface area contributed by atoms with E-state index in [1.165, 1.54) is 7.11 Å². The lowest BCUT2D eigenvalue weighted by Gasteiger charge is -2.26. The first-order valence-corrected chi connectivity index (χ1v) is 10.4. The Hall–Kier alpha value is -2.84. The number of hydrogen-bond acceptors (Lipinski definition) is 5. The summed E-state index contributed by atoms with van der Waals surface area (Å²) in [6, 6.07) is 12.6. The Morgan fingerprint density at radius 3 is 2.67 bits per heavy atom. The topological polar surface area (TPSA) is 87.7 Å². The summed E-state index contributed by atoms with van der Waals surface area (Å²) in [6.45, 7) is 1.09. The van der Waals surface area contributed by atoms with Crippen molar-refractivity contribution in [3.63, 3.8) is 0 Å². The normalized spacial score (nSPS) is 15.5. The van der Waals surface area contributed by atoms with Crippen molar-refractivity contribution in [3.05, 3.63) is 63.8 Å². The zero-order valence-electron chi connectivity index (χ0n) is 16.7. The first-order chi connectivity index (χ1) is 14.5. The second-order valence-electron chi connectivity index (χ2n) is 7.05. The fraction of sp³-hybridized carbons (Fsp3) is 0.273. The molecule has 0 radical (unpaired) electrons. The van der Waals surface area contributed by atoms with Gasteiger partial charge >= 0.3 is 0 Å². The highest BCUT2D eigenvalue weighted by Gasteiger charge is 2.42. The van der Waals surface area contributed by atoms with Crippen LogP contribution in [-0.2, 0) is 4.74 Å². The number of aromatic hydroxyl groups is 1. The number of carbonyl (C=O) groups is 1. The number of rotatable bonds is 7. The zero-order chi connectivity index (χ0) is 21.3. The third-order valence-electron chi connectivity index (χ3n) is 5.25. The molecule has 1 aliphatic rings. The van der Waals surface area contributed by atoms with Gasteiger partial charge in [0, 0.05) is 35.9 Å². The standard InChI is InChI=1S/C22H22BrN3O4/c1-29-11-3-10-26-21(14-6-9-16(27)17(12-14)30-2)18-19(24-25-20(18)22(26)28)13-4-7-15(23)8-5-13/h4-9,12,21,27H,3,10-11H2,1-2H3,(H,24,25)/t21-/m1/s1. The van der Waals surface area contributed by atoms with E-state index in [0.29, 0.717) is 31.0 Å². The molecule has 0 spiro atoms. The molecule has 8 heteroatoms. The summed E-state index contributed by atoms with van der Waals surface area (Å²) in [6.07, 6.45) is 0.708. The predicted molar refractivity (Wildman–Crippen MR) is 116 cm³/mol. The quantitative estimate of drug-likeness (QED) is 0.505. The van der Waals surface area contributed by atoms with Crippen LogP contribution in [0.15, 0.2) is 46.9 Å². The highest BCUT2D eigenvalue weighted by molar-refractivity contribution is 9.10. The van der Waals surface area contributed by atoms with Gasteiger partial charge in [0.2, 0.25) is 0 Å². The number of nitrogens with one attached hydrogen (secondary N) is 1. The lowest BCUT2D eigenvalue weighted by molar-refractivity contribution is 0.0723. The SMILES string of the molecule is COCCCN1C(=O)c2[nH]nc(-c3ccc(Br)cc3)c2[C@H]1c1ccc(O)c(OC)c1. The molecule has 0 saturated heterocycles. The fourth-order valence-corrected chi connectivity index (χ4v) is 4.11. The van der Waals surface area contributed by atoms with E-state index < -0.39 is 0 Å². The van der Waals surface area contributed by atoms with Crippen LogP contribution in [0, 0.1) is 0 Å². The van der Waals surface area contributed by atoms with E-state index in [2.05, 4.69) is 26.1 Å². The summed E-state index contributed by atoms with van der Waals surface area (Å²) < 4.78 is 11.4. The molecule has 2 N–H and O–H groups in total. The molecule has 0 bridgehead atoms. The van der Waals surface area contributed by atoms with Crippen LogP contribution >= 0.6 is 15.9 Å². The van der Waals surface area contributed by atoms with Crippen molar-refractivity contribution in [2.75, 3.05) is 27.4 Å². The lowest BCUT2D eigenvalue weighted by atomic mass is 9.95. The highest BCUT2D eigenvalue weighted by atomic mass is 79.9. The molecule has 2 heterocycles. The van der Waals surface area contributed by atoms with E-state index in [-0.39, 0.29) is 17.7 Å². The number of methoxy groups -OCH3 is 2. The van der Waals surface area contributed by atoms with Gasteiger partial charge in [0.05, 0.1) is 18.8 Å². The maximum Gasteiger partial charge on any atom is 0.273 e. The Morgan fingerprint density at radius 2 is 1.97 bits per heavy atom. The molecule has 0 saturated carbocycles.